The van der Waals surface area contributed by atoms with Crippen molar-refractivity contribution in [2.24, 2.45) is 11.7 Å². The zero-order chi connectivity index (χ0) is 22.9. The summed E-state index contributed by atoms with van der Waals surface area (Å²) in [5.41, 5.74) is 7.51. The highest BCUT2D eigenvalue weighted by Crippen LogP contribution is 2.31. The second-order valence-corrected chi connectivity index (χ2v) is 10.2. The summed E-state index contributed by atoms with van der Waals surface area (Å²) in [4.78, 5) is 19.6. The molecule has 0 saturated carbocycles. The first-order valence-electron chi connectivity index (χ1n) is 11.2. The molecular formula is C24H31Cl2N3O2S. The van der Waals surface area contributed by atoms with Crippen molar-refractivity contribution < 1.29 is 9.53 Å². The molecule has 8 heteroatoms. The molecule has 3 rings (SSSR count). The first kappa shape index (κ1) is 25.3. The highest BCUT2D eigenvalue weighted by atomic mass is 35.5. The third-order valence-corrected chi connectivity index (χ3v) is 7.61. The van der Waals surface area contributed by atoms with Crippen LogP contribution in [0.1, 0.15) is 38.2 Å². The van der Waals surface area contributed by atoms with Gasteiger partial charge in [0, 0.05) is 34.6 Å². The second-order valence-electron chi connectivity index (χ2n) is 8.08. The molecule has 0 spiro atoms. The lowest BCUT2D eigenvalue weighted by atomic mass is 9.94. The van der Waals surface area contributed by atoms with E-state index < -0.39 is 12.1 Å². The highest BCUT2D eigenvalue weighted by Gasteiger charge is 2.34. The van der Waals surface area contributed by atoms with Crippen molar-refractivity contribution in [1.82, 2.24) is 9.88 Å². The van der Waals surface area contributed by atoms with Crippen molar-refractivity contribution in [2.75, 3.05) is 19.7 Å². The van der Waals surface area contributed by atoms with Gasteiger partial charge in [-0.25, -0.2) is 4.98 Å². The molecule has 2 atom stereocenters. The van der Waals surface area contributed by atoms with Gasteiger partial charge in [-0.2, -0.15) is 0 Å². The molecule has 1 fully saturated rings. The SMILES string of the molecule is CCCCOC(=O)C(Cc1ccc(Cl)cc1Cl)[C@H](N)N1CCC(Sc2ccccn2)CC1. The molecule has 0 radical (unpaired) electrons. The molecule has 1 unspecified atom stereocenters. The van der Waals surface area contributed by atoms with E-state index in [1.807, 2.05) is 42.2 Å². The Morgan fingerprint density at radius 1 is 1.28 bits per heavy atom. The fourth-order valence-electron chi connectivity index (χ4n) is 3.83. The molecule has 1 saturated heterocycles. The van der Waals surface area contributed by atoms with Crippen LogP contribution in [0.4, 0.5) is 0 Å². The van der Waals surface area contributed by atoms with E-state index in [0.29, 0.717) is 28.3 Å². The molecule has 32 heavy (non-hydrogen) atoms. The van der Waals surface area contributed by atoms with Crippen LogP contribution in [0, 0.1) is 5.92 Å². The van der Waals surface area contributed by atoms with Gasteiger partial charge < -0.3 is 10.5 Å². The smallest absolute Gasteiger partial charge is 0.312 e. The molecule has 5 nitrogen and oxygen atoms in total. The Kier molecular flexibility index (Phi) is 10.1. The molecule has 2 aromatic rings. The maximum atomic E-state index is 13.0. The molecule has 0 aliphatic carbocycles. The van der Waals surface area contributed by atoms with Gasteiger partial charge in [0.25, 0.3) is 0 Å². The van der Waals surface area contributed by atoms with E-state index >= 15 is 0 Å². The number of rotatable bonds is 10. The van der Waals surface area contributed by atoms with Gasteiger partial charge in [0.1, 0.15) is 0 Å². The molecule has 1 aromatic heterocycles. The monoisotopic (exact) mass is 495 g/mol. The van der Waals surface area contributed by atoms with Crippen LogP contribution >= 0.6 is 35.0 Å². The van der Waals surface area contributed by atoms with Crippen molar-refractivity contribution in [1.29, 1.82) is 0 Å². The quantitative estimate of drug-likeness (QED) is 0.349. The number of hydrogen-bond acceptors (Lipinski definition) is 6. The lowest BCUT2D eigenvalue weighted by molar-refractivity contribution is -0.151. The molecular weight excluding hydrogens is 465 g/mol. The number of likely N-dealkylation sites (tertiary alicyclic amines) is 1. The summed E-state index contributed by atoms with van der Waals surface area (Å²) in [6, 6.07) is 11.3. The minimum Gasteiger partial charge on any atom is -0.465 e. The van der Waals surface area contributed by atoms with Crippen LogP contribution in [0.25, 0.3) is 0 Å². The molecule has 2 heterocycles. The number of esters is 1. The summed E-state index contributed by atoms with van der Waals surface area (Å²) in [5, 5.41) is 2.65. The van der Waals surface area contributed by atoms with Gasteiger partial charge in [-0.3, -0.25) is 9.69 Å². The van der Waals surface area contributed by atoms with E-state index in [9.17, 15) is 4.79 Å². The van der Waals surface area contributed by atoms with E-state index in [0.717, 1.165) is 49.4 Å². The maximum absolute atomic E-state index is 13.0. The van der Waals surface area contributed by atoms with Crippen LogP contribution in [0.5, 0.6) is 0 Å². The van der Waals surface area contributed by atoms with Gasteiger partial charge in [-0.15, -0.1) is 11.8 Å². The number of benzene rings is 1. The van der Waals surface area contributed by atoms with E-state index in [-0.39, 0.29) is 5.97 Å². The van der Waals surface area contributed by atoms with Gasteiger partial charge in [-0.1, -0.05) is 48.7 Å². The van der Waals surface area contributed by atoms with Gasteiger partial charge in [0.15, 0.2) is 0 Å². The summed E-state index contributed by atoms with van der Waals surface area (Å²) < 4.78 is 5.57. The first-order valence-corrected chi connectivity index (χ1v) is 12.8. The first-order chi connectivity index (χ1) is 15.5. The van der Waals surface area contributed by atoms with Gasteiger partial charge in [0.05, 0.1) is 23.7 Å². The zero-order valence-corrected chi connectivity index (χ0v) is 20.7. The summed E-state index contributed by atoms with van der Waals surface area (Å²) in [6.07, 6.45) is 5.61. The summed E-state index contributed by atoms with van der Waals surface area (Å²) in [7, 11) is 0. The highest BCUT2D eigenvalue weighted by molar-refractivity contribution is 7.99. The number of unbranched alkanes of at least 4 members (excludes halogenated alkanes) is 1. The number of nitrogens with zero attached hydrogens (tertiary/aromatic N) is 2. The average molecular weight is 497 g/mol. The predicted molar refractivity (Wildman–Crippen MR) is 132 cm³/mol. The number of aromatic nitrogens is 1. The molecule has 0 bridgehead atoms. The minimum absolute atomic E-state index is 0.262. The Labute approximate surface area is 205 Å². The molecule has 2 N–H and O–H groups in total. The number of thioether (sulfide) groups is 1. The van der Waals surface area contributed by atoms with Crippen LogP contribution in [0.15, 0.2) is 47.6 Å². The number of piperidine rings is 1. The predicted octanol–water partition coefficient (Wildman–Crippen LogP) is 5.43. The normalized spacial score (nSPS) is 17.1. The Morgan fingerprint density at radius 2 is 2.06 bits per heavy atom. The van der Waals surface area contributed by atoms with Crippen LogP contribution in [-0.4, -0.2) is 47.0 Å². The van der Waals surface area contributed by atoms with Crippen molar-refractivity contribution in [3.8, 4) is 0 Å². The number of nitrogens with two attached hydrogens (primary N) is 1. The van der Waals surface area contributed by atoms with Crippen molar-refractivity contribution in [3.63, 3.8) is 0 Å². The standard InChI is InChI=1S/C24H31Cl2N3O2S/c1-2-3-14-31-24(30)20(15-17-7-8-18(25)16-21(17)26)23(27)29-12-9-19(10-13-29)32-22-6-4-5-11-28-22/h4-8,11,16,19-20,23H,2-3,9-10,12-15,27H2,1H3/t20?,23-/m1/s1. The fourth-order valence-corrected chi connectivity index (χ4v) is 5.38. The Bertz CT molecular complexity index is 864. The summed E-state index contributed by atoms with van der Waals surface area (Å²) in [5.74, 6) is -0.757. The number of halogens is 2. The zero-order valence-electron chi connectivity index (χ0n) is 18.4. The van der Waals surface area contributed by atoms with Crippen LogP contribution in [-0.2, 0) is 16.0 Å². The van der Waals surface area contributed by atoms with Crippen LogP contribution in [0.2, 0.25) is 10.0 Å². The van der Waals surface area contributed by atoms with E-state index in [1.54, 1.807) is 12.1 Å². The molecule has 1 aliphatic heterocycles. The Hall–Kier alpha value is -1.31. The third kappa shape index (κ3) is 7.35. The number of ether oxygens (including phenoxy) is 1. The lowest BCUT2D eigenvalue weighted by Crippen LogP contribution is -2.53. The number of hydrogen-bond donors (Lipinski definition) is 1. The van der Waals surface area contributed by atoms with Crippen molar-refractivity contribution >= 4 is 40.9 Å². The summed E-state index contributed by atoms with van der Waals surface area (Å²) in [6.45, 7) is 4.14. The van der Waals surface area contributed by atoms with Crippen molar-refractivity contribution in [2.45, 2.75) is 55.5 Å². The topological polar surface area (TPSA) is 68.5 Å². The number of carbonyl (C=O) groups is 1. The Balaban J connectivity index is 1.64. The molecule has 1 aromatic carbocycles. The van der Waals surface area contributed by atoms with Crippen LogP contribution < -0.4 is 5.73 Å². The average Bonchev–Trinajstić information content (AvgIpc) is 2.79. The number of carbonyl (C=O) groups excluding carboxylic acids is 1. The molecule has 0 amide bonds. The molecule has 174 valence electrons. The van der Waals surface area contributed by atoms with E-state index in [2.05, 4.69) is 16.8 Å². The largest absolute Gasteiger partial charge is 0.465 e. The van der Waals surface area contributed by atoms with E-state index in [4.69, 9.17) is 33.7 Å². The lowest BCUT2D eigenvalue weighted by Gasteiger charge is -2.38. The Morgan fingerprint density at radius 3 is 2.72 bits per heavy atom. The number of pyridine rings is 1. The van der Waals surface area contributed by atoms with Gasteiger partial charge >= 0.3 is 5.97 Å². The van der Waals surface area contributed by atoms with Crippen LogP contribution in [0.3, 0.4) is 0 Å². The second kappa shape index (κ2) is 12.8. The fraction of sp³-hybridized carbons (Fsp3) is 0.500. The molecule has 1 aliphatic rings. The minimum atomic E-state index is -0.495. The van der Waals surface area contributed by atoms with Crippen molar-refractivity contribution in [3.05, 3.63) is 58.2 Å². The third-order valence-electron chi connectivity index (χ3n) is 5.74. The van der Waals surface area contributed by atoms with Gasteiger partial charge in [-0.05, 0) is 55.5 Å². The maximum Gasteiger partial charge on any atom is 0.312 e. The summed E-state index contributed by atoms with van der Waals surface area (Å²) >= 11 is 14.2. The van der Waals surface area contributed by atoms with E-state index in [1.165, 1.54) is 0 Å². The van der Waals surface area contributed by atoms with Gasteiger partial charge in [0.2, 0.25) is 0 Å².